The summed E-state index contributed by atoms with van der Waals surface area (Å²) in [5, 5.41) is 2.62. The summed E-state index contributed by atoms with van der Waals surface area (Å²) in [7, 11) is 1.33. The normalized spacial score (nSPS) is 23.2. The van der Waals surface area contributed by atoms with Gasteiger partial charge in [-0.15, -0.1) is 0 Å². The van der Waals surface area contributed by atoms with Crippen LogP contribution in [0.15, 0.2) is 12.1 Å². The highest BCUT2D eigenvalue weighted by molar-refractivity contribution is 6.30. The Labute approximate surface area is 114 Å². The number of piperidine rings is 1. The number of benzene rings is 1. The van der Waals surface area contributed by atoms with Crippen molar-refractivity contribution in [3.8, 4) is 0 Å². The van der Waals surface area contributed by atoms with Gasteiger partial charge in [0.1, 0.15) is 16.7 Å². The lowest BCUT2D eigenvalue weighted by Crippen LogP contribution is -2.35. The first-order valence-electron chi connectivity index (χ1n) is 5.98. The summed E-state index contributed by atoms with van der Waals surface area (Å²) in [6, 6.07) is 2.12. The molecule has 1 aliphatic rings. The zero-order valence-corrected chi connectivity index (χ0v) is 11.1. The number of rotatable bonds is 2. The van der Waals surface area contributed by atoms with Gasteiger partial charge in [0.25, 0.3) is 0 Å². The van der Waals surface area contributed by atoms with E-state index >= 15 is 0 Å². The van der Waals surface area contributed by atoms with E-state index in [4.69, 9.17) is 16.3 Å². The van der Waals surface area contributed by atoms with Gasteiger partial charge in [-0.2, -0.15) is 0 Å². The number of halogens is 3. The number of methoxy groups -OCH3 is 1. The Kier molecular flexibility index (Phi) is 4.37. The highest BCUT2D eigenvalue weighted by atomic mass is 35.5. The van der Waals surface area contributed by atoms with Crippen LogP contribution in [-0.2, 0) is 9.53 Å². The maximum absolute atomic E-state index is 13.4. The first-order chi connectivity index (χ1) is 9.02. The van der Waals surface area contributed by atoms with Gasteiger partial charge in [0.2, 0.25) is 0 Å². The monoisotopic (exact) mass is 289 g/mol. The van der Waals surface area contributed by atoms with Crippen molar-refractivity contribution in [2.75, 3.05) is 13.7 Å². The minimum absolute atomic E-state index is 0.252. The fourth-order valence-corrected chi connectivity index (χ4v) is 2.44. The molecule has 1 aromatic rings. The second-order valence-electron chi connectivity index (χ2n) is 4.55. The highest BCUT2D eigenvalue weighted by Crippen LogP contribution is 2.31. The summed E-state index contributed by atoms with van der Waals surface area (Å²) in [5.74, 6) is -2.13. The molecule has 1 aromatic carbocycles. The predicted octanol–water partition coefficient (Wildman–Crippen LogP) is 2.83. The zero-order chi connectivity index (χ0) is 14.0. The molecular formula is C13H14ClF2NO2. The van der Waals surface area contributed by atoms with Crippen LogP contribution < -0.4 is 5.32 Å². The number of nitrogens with one attached hydrogen (secondary N) is 1. The summed E-state index contributed by atoms with van der Waals surface area (Å²) >= 11 is 5.45. The Balaban J connectivity index is 2.20. The lowest BCUT2D eigenvalue weighted by Gasteiger charge is -2.29. The van der Waals surface area contributed by atoms with Gasteiger partial charge in [-0.25, -0.2) is 8.78 Å². The number of hydrogen-bond donors (Lipinski definition) is 1. The molecule has 0 spiro atoms. The highest BCUT2D eigenvalue weighted by Gasteiger charge is 2.29. The zero-order valence-electron chi connectivity index (χ0n) is 10.4. The van der Waals surface area contributed by atoms with E-state index in [1.54, 1.807) is 0 Å². The minimum Gasteiger partial charge on any atom is -0.469 e. The van der Waals surface area contributed by atoms with Crippen LogP contribution in [0.3, 0.4) is 0 Å². The van der Waals surface area contributed by atoms with Gasteiger partial charge in [-0.3, -0.25) is 4.79 Å². The molecule has 2 unspecified atom stereocenters. The molecule has 0 bridgehead atoms. The Morgan fingerprint density at radius 3 is 2.63 bits per heavy atom. The first kappa shape index (κ1) is 14.2. The van der Waals surface area contributed by atoms with Crippen molar-refractivity contribution in [3.05, 3.63) is 34.4 Å². The van der Waals surface area contributed by atoms with Crippen molar-refractivity contribution in [1.82, 2.24) is 5.32 Å². The maximum atomic E-state index is 13.4. The summed E-state index contributed by atoms with van der Waals surface area (Å²) in [4.78, 5) is 11.5. The molecular weight excluding hydrogens is 276 g/mol. The average molecular weight is 290 g/mol. The molecule has 6 heteroatoms. The molecule has 0 aliphatic carbocycles. The smallest absolute Gasteiger partial charge is 0.308 e. The molecule has 104 valence electrons. The van der Waals surface area contributed by atoms with Gasteiger partial charge < -0.3 is 10.1 Å². The maximum Gasteiger partial charge on any atom is 0.308 e. The molecule has 0 saturated carbocycles. The fourth-order valence-electron chi connectivity index (χ4n) is 2.33. The molecule has 2 rings (SSSR count). The van der Waals surface area contributed by atoms with Gasteiger partial charge in [0.05, 0.1) is 13.0 Å². The second-order valence-corrected chi connectivity index (χ2v) is 4.93. The third kappa shape index (κ3) is 3.04. The van der Waals surface area contributed by atoms with E-state index in [0.717, 1.165) is 0 Å². The molecule has 1 fully saturated rings. The van der Waals surface area contributed by atoms with Crippen molar-refractivity contribution >= 4 is 17.6 Å². The molecule has 0 aromatic heterocycles. The van der Waals surface area contributed by atoms with Crippen LogP contribution in [0.25, 0.3) is 0 Å². The minimum atomic E-state index is -0.793. The van der Waals surface area contributed by atoms with Crippen LogP contribution in [0.1, 0.15) is 24.4 Å². The topological polar surface area (TPSA) is 38.3 Å². The Bertz CT molecular complexity index is 473. The molecule has 0 radical (unpaired) electrons. The molecule has 3 nitrogen and oxygen atoms in total. The fraction of sp³-hybridized carbons (Fsp3) is 0.462. The van der Waals surface area contributed by atoms with E-state index < -0.39 is 16.7 Å². The van der Waals surface area contributed by atoms with E-state index in [0.29, 0.717) is 24.9 Å². The van der Waals surface area contributed by atoms with Crippen LogP contribution in [0.4, 0.5) is 8.78 Å². The predicted molar refractivity (Wildman–Crippen MR) is 66.9 cm³/mol. The molecule has 1 N–H and O–H groups in total. The van der Waals surface area contributed by atoms with Crippen molar-refractivity contribution in [2.24, 2.45) is 5.92 Å². The van der Waals surface area contributed by atoms with Crippen molar-refractivity contribution in [3.63, 3.8) is 0 Å². The Morgan fingerprint density at radius 1 is 1.42 bits per heavy atom. The standard InChI is InChI=1S/C13H14ClF2NO2/c1-19-13(18)7-2-3-17-11(6-7)8-4-9(15)12(14)10(16)5-8/h4-5,7,11,17H,2-3,6H2,1H3. The number of esters is 1. The lowest BCUT2D eigenvalue weighted by atomic mass is 9.89. The van der Waals surface area contributed by atoms with Gasteiger partial charge in [0, 0.05) is 6.04 Å². The van der Waals surface area contributed by atoms with Crippen LogP contribution >= 0.6 is 11.6 Å². The van der Waals surface area contributed by atoms with E-state index in [9.17, 15) is 13.6 Å². The van der Waals surface area contributed by atoms with Crippen molar-refractivity contribution in [1.29, 1.82) is 0 Å². The molecule has 1 saturated heterocycles. The molecule has 1 aliphatic heterocycles. The summed E-state index contributed by atoms with van der Waals surface area (Å²) < 4.78 is 31.6. The number of carbonyl (C=O) groups is 1. The van der Waals surface area contributed by atoms with Crippen LogP contribution in [0.5, 0.6) is 0 Å². The second kappa shape index (κ2) is 5.84. The first-order valence-corrected chi connectivity index (χ1v) is 6.36. The van der Waals surface area contributed by atoms with Crippen molar-refractivity contribution in [2.45, 2.75) is 18.9 Å². The average Bonchev–Trinajstić information content (AvgIpc) is 2.43. The summed E-state index contributed by atoms with van der Waals surface area (Å²) in [6.45, 7) is 0.594. The van der Waals surface area contributed by atoms with Gasteiger partial charge in [-0.1, -0.05) is 11.6 Å². The molecule has 2 atom stereocenters. The molecule has 0 amide bonds. The Hall–Kier alpha value is -1.20. The van der Waals surface area contributed by atoms with Gasteiger partial charge >= 0.3 is 5.97 Å². The van der Waals surface area contributed by atoms with Crippen LogP contribution in [0.2, 0.25) is 5.02 Å². The lowest BCUT2D eigenvalue weighted by molar-refractivity contribution is -0.146. The number of carbonyl (C=O) groups excluding carboxylic acids is 1. The van der Waals surface area contributed by atoms with E-state index in [1.165, 1.54) is 19.2 Å². The number of ether oxygens (including phenoxy) is 1. The van der Waals surface area contributed by atoms with Crippen molar-refractivity contribution < 1.29 is 18.3 Å². The summed E-state index contributed by atoms with van der Waals surface area (Å²) in [5.41, 5.74) is 0.452. The third-order valence-corrected chi connectivity index (χ3v) is 3.71. The quantitative estimate of drug-likeness (QED) is 0.672. The van der Waals surface area contributed by atoms with E-state index in [-0.39, 0.29) is 17.9 Å². The SMILES string of the molecule is COC(=O)C1CCNC(c2cc(F)c(Cl)c(F)c2)C1. The van der Waals surface area contributed by atoms with E-state index in [1.807, 2.05) is 0 Å². The summed E-state index contributed by atoms with van der Waals surface area (Å²) in [6.07, 6.45) is 1.11. The molecule has 1 heterocycles. The largest absolute Gasteiger partial charge is 0.469 e. The molecule has 19 heavy (non-hydrogen) atoms. The van der Waals surface area contributed by atoms with E-state index in [2.05, 4.69) is 5.32 Å². The van der Waals surface area contributed by atoms with Gasteiger partial charge in [-0.05, 0) is 37.1 Å². The van der Waals surface area contributed by atoms with Crippen LogP contribution in [0, 0.1) is 17.6 Å². The third-order valence-electron chi connectivity index (χ3n) is 3.35. The van der Waals surface area contributed by atoms with Gasteiger partial charge in [0.15, 0.2) is 0 Å². The van der Waals surface area contributed by atoms with Crippen LogP contribution in [-0.4, -0.2) is 19.6 Å². The number of hydrogen-bond acceptors (Lipinski definition) is 3. The Morgan fingerprint density at radius 2 is 2.05 bits per heavy atom.